The van der Waals surface area contributed by atoms with Crippen molar-refractivity contribution in [2.24, 2.45) is 5.73 Å². The number of aldehydes is 1. The van der Waals surface area contributed by atoms with Gasteiger partial charge in [0.1, 0.15) is 24.4 Å². The van der Waals surface area contributed by atoms with E-state index in [1.165, 1.54) is 0 Å². The third-order valence-corrected chi connectivity index (χ3v) is 4.33. The molecule has 16 heteroatoms. The van der Waals surface area contributed by atoms with Crippen LogP contribution in [-0.4, -0.2) is 93.4 Å². The van der Waals surface area contributed by atoms with Crippen molar-refractivity contribution < 1.29 is 53.7 Å². The van der Waals surface area contributed by atoms with E-state index in [4.69, 9.17) is 15.9 Å². The van der Waals surface area contributed by atoms with Crippen LogP contribution < -0.4 is 27.0 Å². The molecule has 0 heterocycles. The number of aliphatic hydroxyl groups is 1. The summed E-state index contributed by atoms with van der Waals surface area (Å²) in [5.74, 6) is -7.73. The molecule has 0 aliphatic rings. The van der Waals surface area contributed by atoms with Crippen molar-refractivity contribution in [2.45, 2.75) is 69.8 Å². The van der Waals surface area contributed by atoms with Gasteiger partial charge < -0.3 is 47.1 Å². The Morgan fingerprint density at radius 3 is 1.80 bits per heavy atom. The molecule has 0 aromatic carbocycles. The van der Waals surface area contributed by atoms with Crippen molar-refractivity contribution in [3.05, 3.63) is 0 Å². The Bertz CT molecular complexity index is 829. The van der Waals surface area contributed by atoms with Crippen LogP contribution >= 0.6 is 0 Å². The van der Waals surface area contributed by atoms with Crippen molar-refractivity contribution in [3.63, 3.8) is 0 Å². The number of carboxylic acids is 2. The Labute approximate surface area is 199 Å². The predicted octanol–water partition coefficient (Wildman–Crippen LogP) is -4.26. The highest BCUT2D eigenvalue weighted by molar-refractivity contribution is 5.96. The number of rotatable bonds is 16. The number of carboxylic acid groups (broad SMARTS) is 2. The van der Waals surface area contributed by atoms with Gasteiger partial charge in [0.25, 0.3) is 0 Å². The van der Waals surface area contributed by atoms with Gasteiger partial charge in [0.2, 0.25) is 29.5 Å². The molecule has 0 radical (unpaired) electrons. The summed E-state index contributed by atoms with van der Waals surface area (Å²) in [7, 11) is 0. The molecule has 5 atom stereocenters. The minimum absolute atomic E-state index is 0.146. The second-order valence-corrected chi connectivity index (χ2v) is 7.49. The number of hydrogen-bond acceptors (Lipinski definition) is 9. The summed E-state index contributed by atoms with van der Waals surface area (Å²) in [4.78, 5) is 92.9. The molecule has 0 spiro atoms. The second-order valence-electron chi connectivity index (χ2n) is 7.49. The molecule has 0 bridgehead atoms. The SMILES string of the molecule is CC(=O)N[C@@H](CC(=O)O)C(=O)N[C@@H](CCC(N)=O)C(=O)N[C@H](C(=O)N[C@H](C=O)CC(=O)O)[C@@H](C)O. The van der Waals surface area contributed by atoms with Crippen LogP contribution in [0.25, 0.3) is 0 Å². The van der Waals surface area contributed by atoms with Crippen LogP contribution in [0.15, 0.2) is 0 Å². The smallest absolute Gasteiger partial charge is 0.305 e. The zero-order chi connectivity index (χ0) is 27.3. The van der Waals surface area contributed by atoms with E-state index in [2.05, 4.69) is 16.0 Å². The molecular weight excluding hydrogens is 474 g/mol. The quantitative estimate of drug-likeness (QED) is 0.0934. The zero-order valence-corrected chi connectivity index (χ0v) is 19.0. The summed E-state index contributed by atoms with van der Waals surface area (Å²) in [6.45, 7) is 2.14. The molecule has 0 fully saturated rings. The summed E-state index contributed by atoms with van der Waals surface area (Å²) in [5.41, 5.74) is 5.07. The van der Waals surface area contributed by atoms with Crippen molar-refractivity contribution in [1.29, 1.82) is 0 Å². The van der Waals surface area contributed by atoms with Gasteiger partial charge in [0.15, 0.2) is 0 Å². The van der Waals surface area contributed by atoms with Gasteiger partial charge in [-0.3, -0.25) is 33.6 Å². The number of carbonyl (C=O) groups excluding carboxylic acids is 6. The lowest BCUT2D eigenvalue weighted by molar-refractivity contribution is -0.141. The molecule has 0 aromatic rings. The summed E-state index contributed by atoms with van der Waals surface area (Å²) in [6.07, 6.45) is -3.81. The van der Waals surface area contributed by atoms with Gasteiger partial charge in [0, 0.05) is 13.3 Å². The fraction of sp³-hybridized carbons (Fsp3) is 0.579. The number of aliphatic hydroxyl groups excluding tert-OH is 1. The number of hydrogen-bond donors (Lipinski definition) is 8. The third kappa shape index (κ3) is 12.7. The first-order valence-electron chi connectivity index (χ1n) is 10.2. The van der Waals surface area contributed by atoms with Crippen LogP contribution in [0.3, 0.4) is 0 Å². The Morgan fingerprint density at radius 1 is 0.829 bits per heavy atom. The maximum atomic E-state index is 12.8. The maximum Gasteiger partial charge on any atom is 0.305 e. The van der Waals surface area contributed by atoms with E-state index < -0.39 is 97.4 Å². The number of aliphatic carboxylic acids is 2. The Hall–Kier alpha value is -4.08. The van der Waals surface area contributed by atoms with E-state index in [0.29, 0.717) is 0 Å². The van der Waals surface area contributed by atoms with Gasteiger partial charge in [-0.2, -0.15) is 0 Å². The monoisotopic (exact) mass is 503 g/mol. The van der Waals surface area contributed by atoms with Gasteiger partial charge >= 0.3 is 11.9 Å². The average molecular weight is 503 g/mol. The Balaban J connectivity index is 5.66. The van der Waals surface area contributed by atoms with Crippen LogP contribution in [0.4, 0.5) is 0 Å². The largest absolute Gasteiger partial charge is 0.481 e. The third-order valence-electron chi connectivity index (χ3n) is 4.33. The number of carbonyl (C=O) groups is 8. The number of primary amides is 1. The molecule has 0 saturated heterocycles. The van der Waals surface area contributed by atoms with Crippen LogP contribution in [0, 0.1) is 0 Å². The number of nitrogens with one attached hydrogen (secondary N) is 4. The summed E-state index contributed by atoms with van der Waals surface area (Å²) < 4.78 is 0. The molecule has 0 aromatic heterocycles. The summed E-state index contributed by atoms with van der Waals surface area (Å²) in [5, 5.41) is 36.0. The van der Waals surface area contributed by atoms with E-state index in [1.54, 1.807) is 0 Å². The topological polar surface area (TPSA) is 271 Å². The maximum absolute atomic E-state index is 12.8. The first kappa shape index (κ1) is 30.9. The summed E-state index contributed by atoms with van der Waals surface area (Å²) in [6, 6.07) is -6.31. The molecule has 16 nitrogen and oxygen atoms in total. The number of amides is 5. The van der Waals surface area contributed by atoms with Crippen LogP contribution in [0.5, 0.6) is 0 Å². The molecule has 5 amide bonds. The molecule has 0 rings (SSSR count). The minimum atomic E-state index is -1.71. The van der Waals surface area contributed by atoms with Crippen molar-refractivity contribution in [1.82, 2.24) is 21.3 Å². The van der Waals surface area contributed by atoms with Crippen LogP contribution in [-0.2, 0) is 38.4 Å². The lowest BCUT2D eigenvalue weighted by Gasteiger charge is -2.26. The lowest BCUT2D eigenvalue weighted by Crippen LogP contribution is -2.60. The Kier molecular flexibility index (Phi) is 13.2. The van der Waals surface area contributed by atoms with Crippen molar-refractivity contribution in [2.75, 3.05) is 0 Å². The van der Waals surface area contributed by atoms with E-state index >= 15 is 0 Å². The highest BCUT2D eigenvalue weighted by Crippen LogP contribution is 2.04. The molecule has 0 aliphatic heterocycles. The molecular formula is C19H29N5O11. The standard InChI is InChI=1S/C19H29N5O11/c1-8(26)16(19(35)22-10(7-25)5-14(29)30)24-17(33)11(3-4-13(20)28)23-18(34)12(6-15(31)32)21-9(2)27/h7-8,10-12,16,26H,3-6H2,1-2H3,(H2,20,28)(H,21,27)(H,22,35)(H,23,34)(H,24,33)(H,29,30)(H,31,32)/t8-,10+,11+,12+,16+/m1/s1. The highest BCUT2D eigenvalue weighted by Gasteiger charge is 2.33. The normalized spacial score (nSPS) is 14.7. The van der Waals surface area contributed by atoms with Gasteiger partial charge in [-0.15, -0.1) is 0 Å². The molecule has 9 N–H and O–H groups in total. The van der Waals surface area contributed by atoms with E-state index in [0.717, 1.165) is 13.8 Å². The van der Waals surface area contributed by atoms with E-state index in [9.17, 15) is 43.5 Å². The predicted molar refractivity (Wildman–Crippen MR) is 114 cm³/mol. The first-order valence-corrected chi connectivity index (χ1v) is 10.2. The first-order chi connectivity index (χ1) is 16.2. The van der Waals surface area contributed by atoms with E-state index in [-0.39, 0.29) is 6.29 Å². The second kappa shape index (κ2) is 14.9. The zero-order valence-electron chi connectivity index (χ0n) is 19.0. The molecule has 196 valence electrons. The average Bonchev–Trinajstić information content (AvgIpc) is 2.71. The fourth-order valence-electron chi connectivity index (χ4n) is 2.71. The summed E-state index contributed by atoms with van der Waals surface area (Å²) >= 11 is 0. The van der Waals surface area contributed by atoms with Crippen LogP contribution in [0.1, 0.15) is 39.5 Å². The highest BCUT2D eigenvalue weighted by atomic mass is 16.4. The number of nitrogens with two attached hydrogens (primary N) is 1. The van der Waals surface area contributed by atoms with E-state index in [1.807, 2.05) is 5.32 Å². The fourth-order valence-corrected chi connectivity index (χ4v) is 2.71. The van der Waals surface area contributed by atoms with Gasteiger partial charge in [-0.1, -0.05) is 0 Å². The molecule has 0 aliphatic carbocycles. The molecule has 0 unspecified atom stereocenters. The lowest BCUT2D eigenvalue weighted by atomic mass is 10.1. The van der Waals surface area contributed by atoms with Crippen LogP contribution in [0.2, 0.25) is 0 Å². The molecule has 35 heavy (non-hydrogen) atoms. The minimum Gasteiger partial charge on any atom is -0.481 e. The van der Waals surface area contributed by atoms with Gasteiger partial charge in [-0.05, 0) is 13.3 Å². The van der Waals surface area contributed by atoms with Crippen molar-refractivity contribution in [3.8, 4) is 0 Å². The molecule has 0 saturated carbocycles. The Morgan fingerprint density at radius 2 is 1.37 bits per heavy atom. The van der Waals surface area contributed by atoms with Gasteiger partial charge in [0.05, 0.1) is 25.0 Å². The van der Waals surface area contributed by atoms with Gasteiger partial charge in [-0.25, -0.2) is 0 Å². The van der Waals surface area contributed by atoms with Crippen molar-refractivity contribution >= 4 is 47.8 Å².